The van der Waals surface area contributed by atoms with E-state index in [0.29, 0.717) is 18.2 Å². The maximum Gasteiger partial charge on any atom is 0.313 e. The van der Waals surface area contributed by atoms with Crippen LogP contribution in [-0.2, 0) is 9.59 Å². The lowest BCUT2D eigenvalue weighted by atomic mass is 9.95. The number of nitrogens with zero attached hydrogens (tertiary/aromatic N) is 1. The van der Waals surface area contributed by atoms with Gasteiger partial charge in [-0.05, 0) is 62.4 Å². The van der Waals surface area contributed by atoms with E-state index in [4.69, 9.17) is 0 Å². The lowest BCUT2D eigenvalue weighted by molar-refractivity contribution is -0.136. The van der Waals surface area contributed by atoms with Crippen LogP contribution in [-0.4, -0.2) is 60.2 Å². The summed E-state index contributed by atoms with van der Waals surface area (Å²) in [5.74, 6) is 1.88. The molecule has 2 aliphatic heterocycles. The smallest absolute Gasteiger partial charge is 0.313 e. The van der Waals surface area contributed by atoms with Crippen LogP contribution in [0.3, 0.4) is 0 Å². The van der Waals surface area contributed by atoms with Crippen LogP contribution in [0.1, 0.15) is 19.3 Å². The number of benzene rings is 1. The molecule has 0 aliphatic carbocycles. The number of hydrogen-bond donors (Lipinski definition) is 2. The number of amides is 2. The number of anilines is 1. The van der Waals surface area contributed by atoms with E-state index in [1.807, 2.05) is 30.5 Å². The van der Waals surface area contributed by atoms with Crippen molar-refractivity contribution >= 4 is 41.0 Å². The number of nitrogens with one attached hydrogen (secondary N) is 2. The zero-order valence-electron chi connectivity index (χ0n) is 15.2. The van der Waals surface area contributed by atoms with Gasteiger partial charge in [-0.3, -0.25) is 14.5 Å². The number of piperidine rings is 1. The lowest BCUT2D eigenvalue weighted by Gasteiger charge is -2.35. The van der Waals surface area contributed by atoms with E-state index in [0.717, 1.165) is 36.9 Å². The van der Waals surface area contributed by atoms with E-state index in [1.165, 1.54) is 17.9 Å². The molecule has 0 unspecified atom stereocenters. The van der Waals surface area contributed by atoms with Crippen molar-refractivity contribution in [1.82, 2.24) is 10.2 Å². The molecule has 2 saturated heterocycles. The number of para-hydroxylation sites is 1. The highest BCUT2D eigenvalue weighted by Crippen LogP contribution is 2.27. The van der Waals surface area contributed by atoms with Crippen LogP contribution in [0.15, 0.2) is 29.2 Å². The van der Waals surface area contributed by atoms with Crippen LogP contribution in [0.25, 0.3) is 0 Å². The molecule has 26 heavy (non-hydrogen) atoms. The van der Waals surface area contributed by atoms with Gasteiger partial charge < -0.3 is 10.6 Å². The number of carbonyl (C=O) groups excluding carboxylic acids is 2. The van der Waals surface area contributed by atoms with E-state index in [2.05, 4.69) is 27.3 Å². The Morgan fingerprint density at radius 1 is 1.19 bits per heavy atom. The fraction of sp³-hybridized carbons (Fsp3) is 0.579. The van der Waals surface area contributed by atoms with E-state index < -0.39 is 11.8 Å². The monoisotopic (exact) mass is 393 g/mol. The first-order valence-corrected chi connectivity index (χ1v) is 11.6. The van der Waals surface area contributed by atoms with Gasteiger partial charge in [-0.1, -0.05) is 12.1 Å². The Morgan fingerprint density at radius 3 is 2.65 bits per heavy atom. The summed E-state index contributed by atoms with van der Waals surface area (Å²) in [5, 5.41) is 5.52. The third-order valence-corrected chi connectivity index (χ3v) is 7.12. The summed E-state index contributed by atoms with van der Waals surface area (Å²) in [7, 11) is 0. The first kappa shape index (κ1) is 19.6. The standard InChI is InChI=1S/C19H27N3O2S2/c1-25-17-5-3-2-4-16(17)21-19(24)18(23)20-12-14-6-9-22(10-7-14)15-8-11-26-13-15/h2-5,14-15H,6-13H2,1H3,(H,20,23)(H,21,24)/t15-/m1/s1. The topological polar surface area (TPSA) is 61.4 Å². The number of likely N-dealkylation sites (tertiary alicyclic amines) is 1. The van der Waals surface area contributed by atoms with Gasteiger partial charge in [0.25, 0.3) is 0 Å². The number of carbonyl (C=O) groups is 2. The van der Waals surface area contributed by atoms with Gasteiger partial charge in [-0.25, -0.2) is 0 Å². The van der Waals surface area contributed by atoms with Gasteiger partial charge >= 0.3 is 11.8 Å². The van der Waals surface area contributed by atoms with Crippen LogP contribution in [0, 0.1) is 5.92 Å². The Balaban J connectivity index is 1.40. The van der Waals surface area contributed by atoms with E-state index in [-0.39, 0.29) is 0 Å². The molecule has 142 valence electrons. The minimum absolute atomic E-state index is 0.468. The Hall–Kier alpha value is -1.18. The second-order valence-corrected chi connectivity index (χ2v) is 8.86. The third-order valence-electron chi connectivity index (χ3n) is 5.18. The maximum atomic E-state index is 12.1. The molecule has 7 heteroatoms. The molecular weight excluding hydrogens is 366 g/mol. The van der Waals surface area contributed by atoms with Crippen molar-refractivity contribution in [3.63, 3.8) is 0 Å². The third kappa shape index (κ3) is 5.18. The second kappa shape index (κ2) is 9.67. The van der Waals surface area contributed by atoms with E-state index >= 15 is 0 Å². The molecule has 2 heterocycles. The maximum absolute atomic E-state index is 12.1. The summed E-state index contributed by atoms with van der Waals surface area (Å²) in [6.45, 7) is 2.81. The molecule has 1 atom stereocenters. The van der Waals surface area contributed by atoms with E-state index in [1.54, 1.807) is 11.8 Å². The van der Waals surface area contributed by atoms with Crippen LogP contribution in [0.5, 0.6) is 0 Å². The Morgan fingerprint density at radius 2 is 1.96 bits per heavy atom. The van der Waals surface area contributed by atoms with Crippen LogP contribution >= 0.6 is 23.5 Å². The summed E-state index contributed by atoms with van der Waals surface area (Å²) in [4.78, 5) is 27.8. The molecule has 2 amide bonds. The average Bonchev–Trinajstić information content (AvgIpc) is 3.21. The molecule has 0 bridgehead atoms. The van der Waals surface area contributed by atoms with Gasteiger partial charge in [0.1, 0.15) is 0 Å². The van der Waals surface area contributed by atoms with Gasteiger partial charge in [-0.15, -0.1) is 11.8 Å². The minimum Gasteiger partial charge on any atom is -0.348 e. The molecule has 1 aromatic carbocycles. The van der Waals surface area contributed by atoms with Crippen LogP contribution in [0.4, 0.5) is 5.69 Å². The molecule has 0 saturated carbocycles. The summed E-state index contributed by atoms with van der Waals surface area (Å²) in [6, 6.07) is 8.25. The van der Waals surface area contributed by atoms with Gasteiger partial charge in [0.2, 0.25) is 0 Å². The molecule has 5 nitrogen and oxygen atoms in total. The number of thioether (sulfide) groups is 2. The molecule has 2 fully saturated rings. The highest BCUT2D eigenvalue weighted by molar-refractivity contribution is 7.99. The predicted molar refractivity (Wildman–Crippen MR) is 110 cm³/mol. The minimum atomic E-state index is -0.591. The molecular formula is C19H27N3O2S2. The van der Waals surface area contributed by atoms with Gasteiger partial charge in [0, 0.05) is 23.2 Å². The van der Waals surface area contributed by atoms with Gasteiger partial charge in [0.05, 0.1) is 5.69 Å². The van der Waals surface area contributed by atoms with E-state index in [9.17, 15) is 9.59 Å². The highest BCUT2D eigenvalue weighted by atomic mass is 32.2. The van der Waals surface area contributed by atoms with Crippen molar-refractivity contribution in [3.05, 3.63) is 24.3 Å². The molecule has 3 rings (SSSR count). The first-order chi connectivity index (χ1) is 12.7. The number of hydrogen-bond acceptors (Lipinski definition) is 5. The van der Waals surface area contributed by atoms with Crippen molar-refractivity contribution in [1.29, 1.82) is 0 Å². The molecule has 0 radical (unpaired) electrons. The van der Waals surface area contributed by atoms with Crippen molar-refractivity contribution in [2.45, 2.75) is 30.2 Å². The average molecular weight is 394 g/mol. The molecule has 0 spiro atoms. The van der Waals surface area contributed by atoms with Gasteiger partial charge in [-0.2, -0.15) is 11.8 Å². The number of rotatable bonds is 5. The SMILES string of the molecule is CSc1ccccc1NC(=O)C(=O)NCC1CCN([C@@H]2CCSC2)CC1. The molecule has 1 aromatic rings. The van der Waals surface area contributed by atoms with Crippen molar-refractivity contribution < 1.29 is 9.59 Å². The Kier molecular flexibility index (Phi) is 7.28. The zero-order valence-corrected chi connectivity index (χ0v) is 16.8. The van der Waals surface area contributed by atoms with Crippen molar-refractivity contribution in [2.75, 3.05) is 42.7 Å². The van der Waals surface area contributed by atoms with Gasteiger partial charge in [0.15, 0.2) is 0 Å². The first-order valence-electron chi connectivity index (χ1n) is 9.21. The largest absolute Gasteiger partial charge is 0.348 e. The van der Waals surface area contributed by atoms with Crippen LogP contribution in [0.2, 0.25) is 0 Å². The Labute approximate surface area is 164 Å². The second-order valence-electron chi connectivity index (χ2n) is 6.86. The molecule has 2 N–H and O–H groups in total. The fourth-order valence-electron chi connectivity index (χ4n) is 3.58. The van der Waals surface area contributed by atoms with Crippen molar-refractivity contribution in [2.24, 2.45) is 5.92 Å². The summed E-state index contributed by atoms with van der Waals surface area (Å²) >= 11 is 3.60. The lowest BCUT2D eigenvalue weighted by Crippen LogP contribution is -2.45. The quantitative estimate of drug-likeness (QED) is 0.595. The van der Waals surface area contributed by atoms with Crippen LogP contribution < -0.4 is 10.6 Å². The molecule has 0 aromatic heterocycles. The molecule has 2 aliphatic rings. The fourth-order valence-corrected chi connectivity index (χ4v) is 5.39. The summed E-state index contributed by atoms with van der Waals surface area (Å²) < 4.78 is 0. The predicted octanol–water partition coefficient (Wildman–Crippen LogP) is 2.68. The highest BCUT2D eigenvalue weighted by Gasteiger charge is 2.27. The zero-order chi connectivity index (χ0) is 18.4. The van der Waals surface area contributed by atoms with Crippen molar-refractivity contribution in [3.8, 4) is 0 Å². The Bertz CT molecular complexity index is 627. The summed E-state index contributed by atoms with van der Waals surface area (Å²) in [6.07, 6.45) is 5.45. The normalized spacial score (nSPS) is 21.5. The summed E-state index contributed by atoms with van der Waals surface area (Å²) in [5.41, 5.74) is 0.683.